The van der Waals surface area contributed by atoms with Crippen molar-refractivity contribution in [3.63, 3.8) is 0 Å². The van der Waals surface area contributed by atoms with E-state index in [2.05, 4.69) is 61.0 Å². The van der Waals surface area contributed by atoms with E-state index < -0.39 is 0 Å². The molecule has 5 heteroatoms. The Labute approximate surface area is 128 Å². The van der Waals surface area contributed by atoms with Crippen LogP contribution >= 0.6 is 0 Å². The number of hydrogen-bond acceptors (Lipinski definition) is 5. The Morgan fingerprint density at radius 2 is 2.14 bits per heavy atom. The minimum Gasteiger partial charge on any atom is -0.370 e. The third kappa shape index (κ3) is 4.06. The predicted octanol–water partition coefficient (Wildman–Crippen LogP) is 2.56. The monoisotopic (exact) mass is 291 g/mol. The molecule has 1 aromatic rings. The lowest BCUT2D eigenvalue weighted by atomic mass is 10.2. The van der Waals surface area contributed by atoms with E-state index in [1.54, 1.807) is 0 Å². The molecule has 1 N–H and O–H groups in total. The molecule has 1 aromatic heterocycles. The quantitative estimate of drug-likeness (QED) is 0.872. The molecule has 1 fully saturated rings. The number of anilines is 2. The fourth-order valence-corrected chi connectivity index (χ4v) is 2.88. The summed E-state index contributed by atoms with van der Waals surface area (Å²) < 4.78 is 0. The first-order chi connectivity index (χ1) is 10.0. The van der Waals surface area contributed by atoms with Gasteiger partial charge in [-0.3, -0.25) is 0 Å². The van der Waals surface area contributed by atoms with Crippen LogP contribution in [0.3, 0.4) is 0 Å². The minimum atomic E-state index is 0.345. The van der Waals surface area contributed by atoms with Crippen LogP contribution in [0.5, 0.6) is 0 Å². The summed E-state index contributed by atoms with van der Waals surface area (Å²) in [5.41, 5.74) is 0. The van der Waals surface area contributed by atoms with Gasteiger partial charge in [0, 0.05) is 37.7 Å². The van der Waals surface area contributed by atoms with Gasteiger partial charge in [-0.1, -0.05) is 13.8 Å². The maximum Gasteiger partial charge on any atom is 0.135 e. The Kier molecular flexibility index (Phi) is 5.39. The molecule has 0 aromatic carbocycles. The molecule has 0 radical (unpaired) electrons. The number of nitrogens with one attached hydrogen (secondary N) is 1. The lowest BCUT2D eigenvalue weighted by Crippen LogP contribution is -2.38. The molecule has 1 saturated heterocycles. The summed E-state index contributed by atoms with van der Waals surface area (Å²) in [5, 5.41) is 3.33. The second-order valence-corrected chi connectivity index (χ2v) is 6.41. The van der Waals surface area contributed by atoms with Gasteiger partial charge in [-0.15, -0.1) is 0 Å². The van der Waals surface area contributed by atoms with Crippen molar-refractivity contribution in [2.45, 2.75) is 45.6 Å². The Bertz CT molecular complexity index is 458. The third-order valence-corrected chi connectivity index (χ3v) is 3.85. The second kappa shape index (κ2) is 7.07. The van der Waals surface area contributed by atoms with E-state index in [-0.39, 0.29) is 0 Å². The van der Waals surface area contributed by atoms with Crippen molar-refractivity contribution in [3.8, 4) is 0 Å². The van der Waals surface area contributed by atoms with Crippen LogP contribution in [0.1, 0.15) is 45.4 Å². The van der Waals surface area contributed by atoms with E-state index in [0.29, 0.717) is 12.0 Å². The van der Waals surface area contributed by atoms with E-state index in [9.17, 15) is 0 Å². The Balaban J connectivity index is 2.28. The van der Waals surface area contributed by atoms with Crippen molar-refractivity contribution >= 4 is 11.6 Å². The van der Waals surface area contributed by atoms with Gasteiger partial charge in [-0.05, 0) is 33.9 Å². The van der Waals surface area contributed by atoms with E-state index in [0.717, 1.165) is 37.1 Å². The van der Waals surface area contributed by atoms with Crippen LogP contribution in [0.4, 0.5) is 11.6 Å². The van der Waals surface area contributed by atoms with Gasteiger partial charge in [-0.2, -0.15) is 0 Å². The van der Waals surface area contributed by atoms with Crippen LogP contribution in [-0.2, 0) is 0 Å². The van der Waals surface area contributed by atoms with Gasteiger partial charge in [0.15, 0.2) is 0 Å². The van der Waals surface area contributed by atoms with Gasteiger partial charge in [0.2, 0.25) is 0 Å². The van der Waals surface area contributed by atoms with Crippen LogP contribution < -0.4 is 10.2 Å². The molecule has 1 aliphatic heterocycles. The van der Waals surface area contributed by atoms with Crippen molar-refractivity contribution in [3.05, 3.63) is 11.9 Å². The first kappa shape index (κ1) is 16.0. The van der Waals surface area contributed by atoms with Gasteiger partial charge in [-0.25, -0.2) is 9.97 Å². The molecule has 0 saturated carbocycles. The number of aromatic nitrogens is 2. The highest BCUT2D eigenvalue weighted by Gasteiger charge is 2.27. The smallest absolute Gasteiger partial charge is 0.135 e. The largest absolute Gasteiger partial charge is 0.370 e. The summed E-state index contributed by atoms with van der Waals surface area (Å²) in [6, 6.07) is 2.66. The lowest BCUT2D eigenvalue weighted by molar-refractivity contribution is 0.371. The van der Waals surface area contributed by atoms with Crippen LogP contribution in [0.2, 0.25) is 0 Å². The molecule has 21 heavy (non-hydrogen) atoms. The Morgan fingerprint density at radius 1 is 1.38 bits per heavy atom. The lowest BCUT2D eigenvalue weighted by Gasteiger charge is -2.28. The van der Waals surface area contributed by atoms with Gasteiger partial charge < -0.3 is 15.1 Å². The number of likely N-dealkylation sites (N-methyl/N-ethyl adjacent to an activating group) is 1. The van der Waals surface area contributed by atoms with Crippen LogP contribution in [-0.4, -0.2) is 54.6 Å². The van der Waals surface area contributed by atoms with Gasteiger partial charge in [0.1, 0.15) is 17.5 Å². The average molecular weight is 291 g/mol. The van der Waals surface area contributed by atoms with Crippen LogP contribution in [0, 0.1) is 0 Å². The van der Waals surface area contributed by atoms with Gasteiger partial charge >= 0.3 is 0 Å². The fraction of sp³-hybridized carbons (Fsp3) is 0.750. The topological polar surface area (TPSA) is 44.3 Å². The maximum atomic E-state index is 4.81. The Hall–Kier alpha value is -1.36. The Morgan fingerprint density at radius 3 is 2.76 bits per heavy atom. The molecule has 2 heterocycles. The number of hydrogen-bond donors (Lipinski definition) is 1. The minimum absolute atomic E-state index is 0.345. The summed E-state index contributed by atoms with van der Waals surface area (Å²) in [6.07, 6.45) is 2.49. The van der Waals surface area contributed by atoms with Crippen molar-refractivity contribution in [1.82, 2.24) is 14.9 Å². The molecule has 0 spiro atoms. The van der Waals surface area contributed by atoms with Crippen molar-refractivity contribution in [2.75, 3.05) is 43.9 Å². The first-order valence-electron chi connectivity index (χ1n) is 8.05. The molecule has 0 amide bonds. The molecule has 2 rings (SSSR count). The summed E-state index contributed by atoms with van der Waals surface area (Å²) in [6.45, 7) is 9.46. The van der Waals surface area contributed by atoms with Crippen molar-refractivity contribution in [2.24, 2.45) is 0 Å². The highest BCUT2D eigenvalue weighted by Crippen LogP contribution is 2.27. The van der Waals surface area contributed by atoms with Crippen LogP contribution in [0.25, 0.3) is 0 Å². The second-order valence-electron chi connectivity index (χ2n) is 6.41. The van der Waals surface area contributed by atoms with Crippen molar-refractivity contribution in [1.29, 1.82) is 0 Å². The number of rotatable bonds is 6. The SMILES string of the molecule is CCNc1cc(N2CCCC2CN(C)C)nc(C(C)C)n1. The normalized spacial score (nSPS) is 18.8. The number of nitrogens with zero attached hydrogens (tertiary/aromatic N) is 4. The van der Waals surface area contributed by atoms with Gasteiger partial charge in [0.05, 0.1) is 0 Å². The zero-order valence-corrected chi connectivity index (χ0v) is 14.1. The van der Waals surface area contributed by atoms with E-state index in [4.69, 9.17) is 4.98 Å². The van der Waals surface area contributed by atoms with Crippen molar-refractivity contribution < 1.29 is 0 Å². The predicted molar refractivity (Wildman–Crippen MR) is 89.2 cm³/mol. The molecule has 1 aliphatic rings. The van der Waals surface area contributed by atoms with Crippen LogP contribution in [0.15, 0.2) is 6.07 Å². The summed E-state index contributed by atoms with van der Waals surface area (Å²) in [4.78, 5) is 14.1. The molecule has 1 atom stereocenters. The van der Waals surface area contributed by atoms with Gasteiger partial charge in [0.25, 0.3) is 0 Å². The molecule has 5 nitrogen and oxygen atoms in total. The zero-order chi connectivity index (χ0) is 15.4. The summed E-state index contributed by atoms with van der Waals surface area (Å²) >= 11 is 0. The summed E-state index contributed by atoms with van der Waals surface area (Å²) in [7, 11) is 4.28. The zero-order valence-electron chi connectivity index (χ0n) is 14.1. The highest BCUT2D eigenvalue weighted by atomic mass is 15.3. The fourth-order valence-electron chi connectivity index (χ4n) is 2.88. The average Bonchev–Trinajstić information content (AvgIpc) is 2.86. The molecule has 0 aliphatic carbocycles. The molecule has 118 valence electrons. The van der Waals surface area contributed by atoms with E-state index >= 15 is 0 Å². The molecule has 1 unspecified atom stereocenters. The van der Waals surface area contributed by atoms with E-state index in [1.165, 1.54) is 12.8 Å². The standard InChI is InChI=1S/C16H29N5/c1-6-17-14-10-15(19-16(18-14)12(2)3)21-9-7-8-13(21)11-20(4)5/h10,12-13H,6-9,11H2,1-5H3,(H,17,18,19). The third-order valence-electron chi connectivity index (χ3n) is 3.85. The first-order valence-corrected chi connectivity index (χ1v) is 8.05. The maximum absolute atomic E-state index is 4.81. The molecule has 0 bridgehead atoms. The summed E-state index contributed by atoms with van der Waals surface area (Å²) in [5.74, 6) is 3.30. The van der Waals surface area contributed by atoms with E-state index in [1.807, 2.05) is 0 Å². The highest BCUT2D eigenvalue weighted by molar-refractivity contribution is 5.51. The molecular weight excluding hydrogens is 262 g/mol. The molecular formula is C16H29N5.